The van der Waals surface area contributed by atoms with Gasteiger partial charge in [0.15, 0.2) is 0 Å². The number of benzene rings is 2. The van der Waals surface area contributed by atoms with Gasteiger partial charge in [0.2, 0.25) is 0 Å². The number of aromatic hydroxyl groups is 1. The topological polar surface area (TPSA) is 77.2 Å². The molecule has 0 unspecified atom stereocenters. The molecule has 6 nitrogen and oxygen atoms in total. The highest BCUT2D eigenvalue weighted by atomic mass is 16.5. The fourth-order valence-electron chi connectivity index (χ4n) is 2.46. The van der Waals surface area contributed by atoms with Crippen molar-refractivity contribution >= 4 is 17.0 Å². The molecule has 1 heterocycles. The van der Waals surface area contributed by atoms with Crippen LogP contribution in [0.1, 0.15) is 11.1 Å². The lowest BCUT2D eigenvalue weighted by molar-refractivity contribution is -0.137. The fourth-order valence-corrected chi connectivity index (χ4v) is 2.46. The van der Waals surface area contributed by atoms with E-state index in [1.807, 2.05) is 43.3 Å². The van der Waals surface area contributed by atoms with Crippen molar-refractivity contribution in [2.45, 2.75) is 13.3 Å². The van der Waals surface area contributed by atoms with E-state index in [1.54, 1.807) is 0 Å². The van der Waals surface area contributed by atoms with Crippen molar-refractivity contribution in [3.63, 3.8) is 0 Å². The highest BCUT2D eigenvalue weighted by molar-refractivity contribution is 5.81. The van der Waals surface area contributed by atoms with Crippen LogP contribution in [0.25, 0.3) is 16.7 Å². The van der Waals surface area contributed by atoms with Gasteiger partial charge in [0, 0.05) is 12.5 Å². The van der Waals surface area contributed by atoms with E-state index in [-0.39, 0.29) is 12.4 Å². The van der Waals surface area contributed by atoms with Crippen molar-refractivity contribution in [3.8, 4) is 11.4 Å². The van der Waals surface area contributed by atoms with Gasteiger partial charge in [0.1, 0.15) is 22.5 Å². The largest absolute Gasteiger partial charge is 0.505 e. The molecule has 1 N–H and O–H groups in total. The molecule has 0 spiro atoms. The minimum atomic E-state index is -0.484. The SMILES string of the molecule is C=CC(=O)OCCc1cc(C)cc(-n2nc3ccccc3n2)c1O. The number of phenolic OH excluding ortho intramolecular Hbond substituents is 1. The summed E-state index contributed by atoms with van der Waals surface area (Å²) in [5.74, 6) is -0.405. The van der Waals surface area contributed by atoms with E-state index in [4.69, 9.17) is 4.74 Å². The maximum Gasteiger partial charge on any atom is 0.330 e. The maximum atomic E-state index is 11.1. The zero-order chi connectivity index (χ0) is 17.1. The number of fused-ring (bicyclic) bond motifs is 1. The second kappa shape index (κ2) is 6.54. The average Bonchev–Trinajstić information content (AvgIpc) is 3.01. The Labute approximate surface area is 139 Å². The van der Waals surface area contributed by atoms with Gasteiger partial charge in [0.25, 0.3) is 0 Å². The summed E-state index contributed by atoms with van der Waals surface area (Å²) in [5, 5.41) is 19.3. The van der Waals surface area contributed by atoms with Crippen molar-refractivity contribution in [2.75, 3.05) is 6.61 Å². The lowest BCUT2D eigenvalue weighted by Crippen LogP contribution is -2.06. The Morgan fingerprint density at radius 1 is 1.29 bits per heavy atom. The summed E-state index contributed by atoms with van der Waals surface area (Å²) in [6, 6.07) is 11.2. The molecule has 6 heteroatoms. The zero-order valence-electron chi connectivity index (χ0n) is 13.3. The van der Waals surface area contributed by atoms with E-state index in [2.05, 4.69) is 16.8 Å². The van der Waals surface area contributed by atoms with Crippen LogP contribution in [0.5, 0.6) is 5.75 Å². The summed E-state index contributed by atoms with van der Waals surface area (Å²) in [6.45, 7) is 5.43. The van der Waals surface area contributed by atoms with Crippen LogP contribution in [0, 0.1) is 6.92 Å². The molecular formula is C18H17N3O3. The van der Waals surface area contributed by atoms with E-state index in [0.29, 0.717) is 17.7 Å². The first kappa shape index (κ1) is 15.7. The first-order valence-electron chi connectivity index (χ1n) is 7.52. The number of nitrogens with zero attached hydrogens (tertiary/aromatic N) is 3. The Balaban J connectivity index is 1.93. The lowest BCUT2D eigenvalue weighted by Gasteiger charge is -2.11. The molecule has 0 aliphatic heterocycles. The smallest absolute Gasteiger partial charge is 0.330 e. The molecular weight excluding hydrogens is 306 g/mol. The van der Waals surface area contributed by atoms with Gasteiger partial charge in [-0.15, -0.1) is 15.0 Å². The van der Waals surface area contributed by atoms with Gasteiger partial charge >= 0.3 is 5.97 Å². The summed E-state index contributed by atoms with van der Waals surface area (Å²) in [5.41, 5.74) is 3.62. The van der Waals surface area contributed by atoms with Crippen molar-refractivity contribution in [1.29, 1.82) is 0 Å². The Bertz CT molecular complexity index is 882. The van der Waals surface area contributed by atoms with Gasteiger partial charge in [-0.25, -0.2) is 4.79 Å². The molecule has 0 saturated carbocycles. The number of phenols is 1. The predicted molar refractivity (Wildman–Crippen MR) is 90.1 cm³/mol. The molecule has 0 amide bonds. The maximum absolute atomic E-state index is 11.1. The van der Waals surface area contributed by atoms with Crippen molar-refractivity contribution in [2.24, 2.45) is 0 Å². The number of hydrogen-bond donors (Lipinski definition) is 1. The van der Waals surface area contributed by atoms with E-state index in [1.165, 1.54) is 4.80 Å². The van der Waals surface area contributed by atoms with Gasteiger partial charge < -0.3 is 9.84 Å². The van der Waals surface area contributed by atoms with Crippen LogP contribution in [0.15, 0.2) is 49.1 Å². The molecule has 0 aliphatic rings. The standard InChI is InChI=1S/C18H17N3O3/c1-3-17(22)24-9-8-13-10-12(2)11-16(18(13)23)21-19-14-6-4-5-7-15(14)20-21/h3-7,10-11,23H,1,8-9H2,2H3. The molecule has 3 rings (SSSR count). The third-order valence-electron chi connectivity index (χ3n) is 3.60. The van der Waals surface area contributed by atoms with Crippen molar-refractivity contribution in [1.82, 2.24) is 15.0 Å². The number of carbonyl (C=O) groups excluding carboxylic acids is 1. The van der Waals surface area contributed by atoms with E-state index in [9.17, 15) is 9.90 Å². The number of hydrogen-bond acceptors (Lipinski definition) is 5. The quantitative estimate of drug-likeness (QED) is 0.577. The Morgan fingerprint density at radius 2 is 1.96 bits per heavy atom. The van der Waals surface area contributed by atoms with Gasteiger partial charge in [-0.05, 0) is 36.2 Å². The van der Waals surface area contributed by atoms with E-state index >= 15 is 0 Å². The number of ether oxygens (including phenoxy) is 1. The number of aryl methyl sites for hydroxylation is 1. The van der Waals surface area contributed by atoms with Gasteiger partial charge in [-0.3, -0.25) is 0 Å². The summed E-state index contributed by atoms with van der Waals surface area (Å²) in [7, 11) is 0. The van der Waals surface area contributed by atoms with Gasteiger partial charge in [-0.2, -0.15) is 0 Å². The van der Waals surface area contributed by atoms with Crippen LogP contribution in [-0.4, -0.2) is 32.7 Å². The number of esters is 1. The Morgan fingerprint density at radius 3 is 2.58 bits per heavy atom. The molecule has 0 saturated heterocycles. The van der Waals surface area contributed by atoms with Crippen molar-refractivity contribution < 1.29 is 14.6 Å². The Kier molecular flexibility index (Phi) is 4.29. The molecule has 122 valence electrons. The van der Waals surface area contributed by atoms with Crippen LogP contribution >= 0.6 is 0 Å². The minimum absolute atomic E-state index is 0.0792. The molecule has 2 aromatic carbocycles. The van der Waals surface area contributed by atoms with Crippen LogP contribution < -0.4 is 0 Å². The van der Waals surface area contributed by atoms with Crippen LogP contribution in [-0.2, 0) is 16.0 Å². The van der Waals surface area contributed by atoms with Crippen LogP contribution in [0.4, 0.5) is 0 Å². The monoisotopic (exact) mass is 323 g/mol. The number of carbonyl (C=O) groups is 1. The summed E-state index contributed by atoms with van der Waals surface area (Å²) in [6.07, 6.45) is 1.50. The first-order chi connectivity index (χ1) is 11.6. The van der Waals surface area contributed by atoms with Gasteiger partial charge in [0.05, 0.1) is 6.61 Å². The zero-order valence-corrected chi connectivity index (χ0v) is 13.3. The predicted octanol–water partition coefficient (Wildman–Crippen LogP) is 2.71. The molecule has 0 fully saturated rings. The molecule has 24 heavy (non-hydrogen) atoms. The third-order valence-corrected chi connectivity index (χ3v) is 3.60. The fraction of sp³-hybridized carbons (Fsp3) is 0.167. The van der Waals surface area contributed by atoms with Gasteiger partial charge in [-0.1, -0.05) is 24.8 Å². The highest BCUT2D eigenvalue weighted by Crippen LogP contribution is 2.28. The van der Waals surface area contributed by atoms with Crippen molar-refractivity contribution in [3.05, 3.63) is 60.2 Å². The van der Waals surface area contributed by atoms with E-state index < -0.39 is 5.97 Å². The second-order valence-electron chi connectivity index (χ2n) is 5.39. The molecule has 3 aromatic rings. The normalized spacial score (nSPS) is 10.7. The summed E-state index contributed by atoms with van der Waals surface area (Å²) in [4.78, 5) is 12.5. The molecule has 1 aromatic heterocycles. The summed E-state index contributed by atoms with van der Waals surface area (Å²) >= 11 is 0. The summed E-state index contributed by atoms with van der Waals surface area (Å²) < 4.78 is 4.98. The minimum Gasteiger partial charge on any atom is -0.505 e. The molecule has 0 atom stereocenters. The first-order valence-corrected chi connectivity index (χ1v) is 7.52. The number of aromatic nitrogens is 3. The van der Waals surface area contributed by atoms with Crippen LogP contribution in [0.3, 0.4) is 0 Å². The lowest BCUT2D eigenvalue weighted by atomic mass is 10.1. The highest BCUT2D eigenvalue weighted by Gasteiger charge is 2.14. The average molecular weight is 323 g/mol. The second-order valence-corrected chi connectivity index (χ2v) is 5.39. The Hall–Kier alpha value is -3.15. The third kappa shape index (κ3) is 3.12. The van der Waals surface area contributed by atoms with Crippen LogP contribution in [0.2, 0.25) is 0 Å². The molecule has 0 radical (unpaired) electrons. The molecule has 0 bridgehead atoms. The number of rotatable bonds is 5. The molecule has 0 aliphatic carbocycles. The van der Waals surface area contributed by atoms with E-state index in [0.717, 1.165) is 22.7 Å².